The van der Waals surface area contributed by atoms with Crippen molar-refractivity contribution in [3.63, 3.8) is 0 Å². The van der Waals surface area contributed by atoms with Crippen LogP contribution in [-0.4, -0.2) is 41.9 Å². The highest BCUT2D eigenvalue weighted by Gasteiger charge is 2.16. The Morgan fingerprint density at radius 3 is 2.62 bits per heavy atom. The van der Waals surface area contributed by atoms with Crippen molar-refractivity contribution >= 4 is 17.3 Å². The molecule has 0 heterocycles. The lowest BCUT2D eigenvalue weighted by atomic mass is 10.1. The van der Waals surface area contributed by atoms with E-state index in [9.17, 15) is 14.9 Å². The number of likely N-dealkylation sites (N-methyl/N-ethyl adjacent to an activating group) is 1. The Bertz CT molecular complexity index is 505. The minimum absolute atomic E-state index is 0.133. The molecule has 116 valence electrons. The van der Waals surface area contributed by atoms with Gasteiger partial charge in [0.25, 0.3) is 5.69 Å². The molecule has 0 aliphatic carbocycles. The van der Waals surface area contributed by atoms with Crippen LogP contribution >= 0.6 is 0 Å². The van der Waals surface area contributed by atoms with Crippen LogP contribution in [0.5, 0.6) is 0 Å². The molecule has 21 heavy (non-hydrogen) atoms. The van der Waals surface area contributed by atoms with E-state index < -0.39 is 10.8 Å². The first-order valence-electron chi connectivity index (χ1n) is 7.04. The second kappa shape index (κ2) is 8.21. The molecule has 0 fully saturated rings. The molecule has 0 saturated heterocycles. The van der Waals surface area contributed by atoms with Gasteiger partial charge in [0.1, 0.15) is 5.69 Å². The zero-order valence-corrected chi connectivity index (χ0v) is 12.5. The summed E-state index contributed by atoms with van der Waals surface area (Å²) in [5.41, 5.74) is 5.53. The molecule has 1 aromatic carbocycles. The summed E-state index contributed by atoms with van der Waals surface area (Å²) >= 11 is 0. The van der Waals surface area contributed by atoms with E-state index in [0.717, 1.165) is 26.1 Å². The van der Waals surface area contributed by atoms with Crippen LogP contribution in [-0.2, 0) is 0 Å². The highest BCUT2D eigenvalue weighted by molar-refractivity contribution is 5.94. The number of nitrogens with two attached hydrogens (primary N) is 1. The average molecular weight is 294 g/mol. The van der Waals surface area contributed by atoms with Gasteiger partial charge in [-0.3, -0.25) is 14.9 Å². The van der Waals surface area contributed by atoms with Crippen LogP contribution < -0.4 is 11.1 Å². The van der Waals surface area contributed by atoms with E-state index in [1.807, 2.05) is 0 Å². The number of hydrogen-bond acceptors (Lipinski definition) is 5. The maximum absolute atomic E-state index is 11.1. The van der Waals surface area contributed by atoms with Crippen molar-refractivity contribution in [1.82, 2.24) is 4.90 Å². The van der Waals surface area contributed by atoms with Crippen LogP contribution in [0, 0.1) is 10.1 Å². The number of benzene rings is 1. The van der Waals surface area contributed by atoms with E-state index in [1.165, 1.54) is 18.2 Å². The van der Waals surface area contributed by atoms with Gasteiger partial charge in [-0.15, -0.1) is 0 Å². The molecular weight excluding hydrogens is 272 g/mol. The van der Waals surface area contributed by atoms with Gasteiger partial charge in [0.15, 0.2) is 0 Å². The van der Waals surface area contributed by atoms with Crippen molar-refractivity contribution in [3.8, 4) is 0 Å². The standard InChI is InChI=1S/C14H22N4O3/c1-3-8-17(4-2)9-7-16-12-6-5-11(14(15)19)10-13(12)18(20)21/h5-6,10,16H,3-4,7-9H2,1-2H3,(H2,15,19). The topological polar surface area (TPSA) is 102 Å². The molecule has 0 unspecified atom stereocenters. The number of rotatable bonds is 9. The normalized spacial score (nSPS) is 10.6. The third-order valence-corrected chi connectivity index (χ3v) is 3.21. The summed E-state index contributed by atoms with van der Waals surface area (Å²) in [6, 6.07) is 4.21. The maximum atomic E-state index is 11.1. The van der Waals surface area contributed by atoms with Gasteiger partial charge in [-0.2, -0.15) is 0 Å². The second-order valence-corrected chi connectivity index (χ2v) is 4.71. The van der Waals surface area contributed by atoms with Crippen LogP contribution in [0.4, 0.5) is 11.4 Å². The SMILES string of the molecule is CCCN(CC)CCNc1ccc(C(N)=O)cc1[N+](=O)[O-]. The van der Waals surface area contributed by atoms with Crippen molar-refractivity contribution < 1.29 is 9.72 Å². The predicted molar refractivity (Wildman–Crippen MR) is 82.5 cm³/mol. The number of amides is 1. The monoisotopic (exact) mass is 294 g/mol. The molecule has 7 nitrogen and oxygen atoms in total. The van der Waals surface area contributed by atoms with Crippen molar-refractivity contribution in [2.75, 3.05) is 31.5 Å². The number of anilines is 1. The fourth-order valence-corrected chi connectivity index (χ4v) is 2.08. The summed E-state index contributed by atoms with van der Waals surface area (Å²) in [6.07, 6.45) is 1.07. The van der Waals surface area contributed by atoms with Crippen LogP contribution in [0.1, 0.15) is 30.6 Å². The Labute approximate surface area is 124 Å². The summed E-state index contributed by atoms with van der Waals surface area (Å²) < 4.78 is 0. The number of carbonyl (C=O) groups excluding carboxylic acids is 1. The Morgan fingerprint density at radius 2 is 2.10 bits per heavy atom. The van der Waals surface area contributed by atoms with E-state index in [0.29, 0.717) is 12.2 Å². The molecule has 0 radical (unpaired) electrons. The minimum atomic E-state index is -0.676. The first kappa shape index (κ1) is 16.9. The Morgan fingerprint density at radius 1 is 1.38 bits per heavy atom. The van der Waals surface area contributed by atoms with Crippen LogP contribution in [0.15, 0.2) is 18.2 Å². The van der Waals surface area contributed by atoms with Crippen molar-refractivity contribution in [1.29, 1.82) is 0 Å². The zero-order valence-electron chi connectivity index (χ0n) is 12.5. The molecule has 0 aliphatic rings. The molecule has 1 rings (SSSR count). The van der Waals surface area contributed by atoms with Gasteiger partial charge in [-0.1, -0.05) is 13.8 Å². The van der Waals surface area contributed by atoms with Crippen LogP contribution in [0.25, 0.3) is 0 Å². The first-order valence-corrected chi connectivity index (χ1v) is 7.04. The summed E-state index contributed by atoms with van der Waals surface area (Å²) in [7, 11) is 0. The summed E-state index contributed by atoms with van der Waals surface area (Å²) in [6.45, 7) is 7.55. The third-order valence-electron chi connectivity index (χ3n) is 3.21. The van der Waals surface area contributed by atoms with Crippen molar-refractivity contribution in [3.05, 3.63) is 33.9 Å². The molecule has 0 bridgehead atoms. The largest absolute Gasteiger partial charge is 0.378 e. The number of nitro groups is 1. The van der Waals surface area contributed by atoms with E-state index in [1.54, 1.807) is 0 Å². The molecule has 0 spiro atoms. The van der Waals surface area contributed by atoms with E-state index in [-0.39, 0.29) is 11.3 Å². The lowest BCUT2D eigenvalue weighted by molar-refractivity contribution is -0.384. The molecule has 0 aromatic heterocycles. The number of hydrogen-bond donors (Lipinski definition) is 2. The third kappa shape index (κ3) is 5.03. The van der Waals surface area contributed by atoms with Crippen LogP contribution in [0.2, 0.25) is 0 Å². The summed E-state index contributed by atoms with van der Waals surface area (Å²) in [5, 5.41) is 14.1. The van der Waals surface area contributed by atoms with Gasteiger partial charge < -0.3 is 16.0 Å². The fourth-order valence-electron chi connectivity index (χ4n) is 2.08. The Hall–Kier alpha value is -2.15. The zero-order chi connectivity index (χ0) is 15.8. The van der Waals surface area contributed by atoms with Crippen molar-refractivity contribution in [2.45, 2.75) is 20.3 Å². The Kier molecular flexibility index (Phi) is 6.61. The molecule has 1 amide bonds. The van der Waals surface area contributed by atoms with Gasteiger partial charge in [0.2, 0.25) is 5.91 Å². The van der Waals surface area contributed by atoms with Gasteiger partial charge >= 0.3 is 0 Å². The summed E-state index contributed by atoms with van der Waals surface area (Å²) in [5.74, 6) is -0.676. The number of nitrogens with one attached hydrogen (secondary N) is 1. The highest BCUT2D eigenvalue weighted by atomic mass is 16.6. The van der Waals surface area contributed by atoms with Gasteiger partial charge in [0.05, 0.1) is 4.92 Å². The van der Waals surface area contributed by atoms with Crippen molar-refractivity contribution in [2.24, 2.45) is 5.73 Å². The molecule has 7 heteroatoms. The Balaban J connectivity index is 2.74. The molecule has 0 atom stereocenters. The van der Waals surface area contributed by atoms with Gasteiger partial charge in [-0.25, -0.2) is 0 Å². The lowest BCUT2D eigenvalue weighted by Gasteiger charge is -2.19. The van der Waals surface area contributed by atoms with Gasteiger partial charge in [0, 0.05) is 24.7 Å². The number of nitro benzene ring substituents is 1. The molecule has 0 saturated carbocycles. The second-order valence-electron chi connectivity index (χ2n) is 4.71. The molecule has 1 aromatic rings. The minimum Gasteiger partial charge on any atom is -0.378 e. The van der Waals surface area contributed by atoms with Gasteiger partial charge in [-0.05, 0) is 31.6 Å². The van der Waals surface area contributed by atoms with E-state index >= 15 is 0 Å². The van der Waals surface area contributed by atoms with E-state index in [2.05, 4.69) is 24.1 Å². The quantitative estimate of drug-likeness (QED) is 0.534. The average Bonchev–Trinajstić information content (AvgIpc) is 2.46. The first-order chi connectivity index (χ1) is 9.99. The molecular formula is C14H22N4O3. The molecule has 0 aliphatic heterocycles. The smallest absolute Gasteiger partial charge is 0.293 e. The maximum Gasteiger partial charge on any atom is 0.293 e. The summed E-state index contributed by atoms with van der Waals surface area (Å²) in [4.78, 5) is 23.9. The number of primary amides is 1. The number of carbonyl (C=O) groups is 1. The molecule has 3 N–H and O–H groups in total. The lowest BCUT2D eigenvalue weighted by Crippen LogP contribution is -2.29. The predicted octanol–water partition coefficient (Wildman–Crippen LogP) is 1.84. The van der Waals surface area contributed by atoms with Crippen LogP contribution in [0.3, 0.4) is 0 Å². The fraction of sp³-hybridized carbons (Fsp3) is 0.500. The highest BCUT2D eigenvalue weighted by Crippen LogP contribution is 2.25. The van der Waals surface area contributed by atoms with E-state index in [4.69, 9.17) is 5.73 Å². The number of nitrogens with zero attached hydrogens (tertiary/aromatic N) is 2.